The fraction of sp³-hybridized carbons (Fsp3) is 0.0385. The maximum absolute atomic E-state index is 12.7. The summed E-state index contributed by atoms with van der Waals surface area (Å²) in [5.41, 5.74) is 4.62. The van der Waals surface area contributed by atoms with Gasteiger partial charge in [0.1, 0.15) is 11.1 Å². The number of carbonyl (C=O) groups excluding carboxylic acids is 1. The highest BCUT2D eigenvalue weighted by molar-refractivity contribution is 9.10. The molecule has 4 rings (SSSR count). The number of Topliss-reactive ketones (excluding diaryl/α,β-unsaturated/α-hetero) is 1. The van der Waals surface area contributed by atoms with Crippen molar-refractivity contribution < 1.29 is 4.79 Å². The van der Waals surface area contributed by atoms with Crippen LogP contribution >= 0.6 is 27.7 Å². The number of nitrogens with zero attached hydrogens (tertiary/aromatic N) is 2. The summed E-state index contributed by atoms with van der Waals surface area (Å²) in [5.74, 6) is 0.199. The summed E-state index contributed by atoms with van der Waals surface area (Å²) in [4.78, 5) is 17.5. The normalized spacial score (nSPS) is 10.5. The summed E-state index contributed by atoms with van der Waals surface area (Å²) < 4.78 is 0.924. The van der Waals surface area contributed by atoms with Crippen LogP contribution in [0.25, 0.3) is 22.4 Å². The molecule has 0 aliphatic carbocycles. The number of ketones is 1. The van der Waals surface area contributed by atoms with Gasteiger partial charge in [-0.1, -0.05) is 100 Å². The molecule has 31 heavy (non-hydrogen) atoms. The van der Waals surface area contributed by atoms with E-state index in [9.17, 15) is 10.1 Å². The second kappa shape index (κ2) is 9.74. The number of benzene rings is 3. The van der Waals surface area contributed by atoms with E-state index in [2.05, 4.69) is 22.0 Å². The SMILES string of the molecule is N#Cc1c(-c2ccccc2)cc(-c2ccccc2)nc1SCC(=O)c1ccc(Br)cc1. The van der Waals surface area contributed by atoms with Crippen LogP contribution in [-0.4, -0.2) is 16.5 Å². The first kappa shape index (κ1) is 21.0. The zero-order valence-electron chi connectivity index (χ0n) is 16.5. The Kier molecular flexibility index (Phi) is 6.61. The molecule has 0 amide bonds. The molecule has 0 fully saturated rings. The first-order valence-electron chi connectivity index (χ1n) is 9.63. The molecule has 0 N–H and O–H groups in total. The zero-order chi connectivity index (χ0) is 21.6. The average molecular weight is 485 g/mol. The Labute approximate surface area is 193 Å². The van der Waals surface area contributed by atoms with E-state index in [-0.39, 0.29) is 11.5 Å². The number of aromatic nitrogens is 1. The van der Waals surface area contributed by atoms with E-state index in [0.29, 0.717) is 16.2 Å². The molecule has 1 heterocycles. The second-order valence-corrected chi connectivity index (χ2v) is 8.68. The van der Waals surface area contributed by atoms with Crippen molar-refractivity contribution in [1.82, 2.24) is 4.98 Å². The average Bonchev–Trinajstić information content (AvgIpc) is 2.83. The summed E-state index contributed by atoms with van der Waals surface area (Å²) in [6.45, 7) is 0. The van der Waals surface area contributed by atoms with E-state index in [4.69, 9.17) is 4.98 Å². The van der Waals surface area contributed by atoms with Crippen molar-refractivity contribution >= 4 is 33.5 Å². The highest BCUT2D eigenvalue weighted by atomic mass is 79.9. The van der Waals surface area contributed by atoms with Crippen LogP contribution in [0.1, 0.15) is 15.9 Å². The molecule has 5 heteroatoms. The van der Waals surface area contributed by atoms with Crippen LogP contribution in [0.5, 0.6) is 0 Å². The van der Waals surface area contributed by atoms with Crippen LogP contribution < -0.4 is 0 Å². The Balaban J connectivity index is 1.74. The Morgan fingerprint density at radius 1 is 0.903 bits per heavy atom. The van der Waals surface area contributed by atoms with Gasteiger partial charge >= 0.3 is 0 Å². The van der Waals surface area contributed by atoms with Gasteiger partial charge in [-0.05, 0) is 23.8 Å². The van der Waals surface area contributed by atoms with Gasteiger partial charge in [-0.15, -0.1) is 0 Å². The second-order valence-electron chi connectivity index (χ2n) is 6.80. The minimum absolute atomic E-state index is 0.00503. The number of nitriles is 1. The van der Waals surface area contributed by atoms with Gasteiger partial charge in [0.15, 0.2) is 5.78 Å². The van der Waals surface area contributed by atoms with Gasteiger partial charge in [0.2, 0.25) is 0 Å². The fourth-order valence-electron chi connectivity index (χ4n) is 3.19. The molecule has 0 saturated heterocycles. The van der Waals surface area contributed by atoms with Gasteiger partial charge in [0.05, 0.1) is 17.0 Å². The number of hydrogen-bond acceptors (Lipinski definition) is 4. The number of halogens is 1. The van der Waals surface area contributed by atoms with Crippen molar-refractivity contribution in [2.75, 3.05) is 5.75 Å². The molecule has 0 bridgehead atoms. The van der Waals surface area contributed by atoms with Gasteiger partial charge in [-0.3, -0.25) is 4.79 Å². The van der Waals surface area contributed by atoms with E-state index in [1.807, 2.05) is 78.9 Å². The quantitative estimate of drug-likeness (QED) is 0.217. The van der Waals surface area contributed by atoms with E-state index < -0.39 is 0 Å². The lowest BCUT2D eigenvalue weighted by Gasteiger charge is -2.12. The van der Waals surface area contributed by atoms with Crippen LogP contribution in [0.15, 0.2) is 100 Å². The van der Waals surface area contributed by atoms with Crippen LogP contribution in [-0.2, 0) is 0 Å². The van der Waals surface area contributed by atoms with Crippen molar-refractivity contribution in [3.8, 4) is 28.5 Å². The first-order valence-corrected chi connectivity index (χ1v) is 11.4. The van der Waals surface area contributed by atoms with Crippen LogP contribution in [0.4, 0.5) is 0 Å². The number of pyridine rings is 1. The molecular formula is C26H17BrN2OS. The predicted molar refractivity (Wildman–Crippen MR) is 129 cm³/mol. The lowest BCUT2D eigenvalue weighted by atomic mass is 9.99. The Hall–Kier alpha value is -3.20. The monoisotopic (exact) mass is 484 g/mol. The largest absolute Gasteiger partial charge is 0.293 e. The van der Waals surface area contributed by atoms with E-state index >= 15 is 0 Å². The van der Waals surface area contributed by atoms with E-state index in [1.165, 1.54) is 11.8 Å². The molecule has 3 aromatic carbocycles. The summed E-state index contributed by atoms with van der Waals surface area (Å²) in [6, 6.07) is 31.2. The molecule has 0 aliphatic heterocycles. The molecule has 0 aliphatic rings. The van der Waals surface area contributed by atoms with Gasteiger partial charge in [-0.25, -0.2) is 4.98 Å². The van der Waals surface area contributed by atoms with Crippen LogP contribution in [0.2, 0.25) is 0 Å². The molecular weight excluding hydrogens is 468 g/mol. The minimum Gasteiger partial charge on any atom is -0.293 e. The third kappa shape index (κ3) is 4.93. The molecule has 0 spiro atoms. The zero-order valence-corrected chi connectivity index (χ0v) is 18.9. The first-order chi connectivity index (χ1) is 15.2. The molecule has 150 valence electrons. The summed E-state index contributed by atoms with van der Waals surface area (Å²) in [6.07, 6.45) is 0. The predicted octanol–water partition coefficient (Wildman–Crippen LogP) is 7.02. The molecule has 1 aromatic heterocycles. The summed E-state index contributed by atoms with van der Waals surface area (Å²) in [5, 5.41) is 10.5. The van der Waals surface area contributed by atoms with Crippen molar-refractivity contribution in [2.45, 2.75) is 5.03 Å². The number of hydrogen-bond donors (Lipinski definition) is 0. The van der Waals surface area contributed by atoms with Gasteiger partial charge in [0.25, 0.3) is 0 Å². The van der Waals surface area contributed by atoms with Crippen molar-refractivity contribution in [3.63, 3.8) is 0 Å². The number of thioether (sulfide) groups is 1. The van der Waals surface area contributed by atoms with Gasteiger partial charge in [0, 0.05) is 21.2 Å². The Morgan fingerprint density at radius 2 is 1.52 bits per heavy atom. The van der Waals surface area contributed by atoms with Crippen molar-refractivity contribution in [2.24, 2.45) is 0 Å². The maximum Gasteiger partial charge on any atom is 0.173 e. The summed E-state index contributed by atoms with van der Waals surface area (Å²) in [7, 11) is 0. The maximum atomic E-state index is 12.7. The van der Waals surface area contributed by atoms with Crippen LogP contribution in [0, 0.1) is 11.3 Å². The highest BCUT2D eigenvalue weighted by Gasteiger charge is 2.17. The standard InChI is InChI=1S/C26H17BrN2OS/c27-21-13-11-20(12-14-21)25(30)17-31-26-23(16-28)22(18-7-3-1-4-8-18)15-24(29-26)19-9-5-2-6-10-19/h1-15H,17H2. The molecule has 0 atom stereocenters. The minimum atomic E-state index is -0.00503. The lowest BCUT2D eigenvalue weighted by Crippen LogP contribution is -2.04. The molecule has 0 saturated carbocycles. The molecule has 3 nitrogen and oxygen atoms in total. The van der Waals surface area contributed by atoms with E-state index in [0.717, 1.165) is 26.9 Å². The van der Waals surface area contributed by atoms with Crippen molar-refractivity contribution in [1.29, 1.82) is 5.26 Å². The van der Waals surface area contributed by atoms with Gasteiger partial charge < -0.3 is 0 Å². The fourth-order valence-corrected chi connectivity index (χ4v) is 4.35. The number of carbonyl (C=O) groups is 1. The van der Waals surface area contributed by atoms with Crippen LogP contribution in [0.3, 0.4) is 0 Å². The highest BCUT2D eigenvalue weighted by Crippen LogP contribution is 2.34. The lowest BCUT2D eigenvalue weighted by molar-refractivity contribution is 0.102. The Bertz CT molecular complexity index is 1250. The smallest absolute Gasteiger partial charge is 0.173 e. The van der Waals surface area contributed by atoms with Crippen molar-refractivity contribution in [3.05, 3.63) is 107 Å². The topological polar surface area (TPSA) is 53.8 Å². The Morgan fingerprint density at radius 3 is 2.13 bits per heavy atom. The molecule has 4 aromatic rings. The molecule has 0 unspecified atom stereocenters. The van der Waals surface area contributed by atoms with Gasteiger partial charge in [-0.2, -0.15) is 5.26 Å². The number of rotatable bonds is 6. The summed E-state index contributed by atoms with van der Waals surface area (Å²) >= 11 is 4.69. The third-order valence-electron chi connectivity index (χ3n) is 4.76. The molecule has 0 radical (unpaired) electrons. The third-order valence-corrected chi connectivity index (χ3v) is 6.26. The van der Waals surface area contributed by atoms with E-state index in [1.54, 1.807) is 12.1 Å².